The van der Waals surface area contributed by atoms with Gasteiger partial charge in [0.15, 0.2) is 17.3 Å². The number of aromatic hydroxyl groups is 1. The Kier molecular flexibility index (Phi) is 6.87. The van der Waals surface area contributed by atoms with E-state index in [9.17, 15) is 35.4 Å². The Morgan fingerprint density at radius 2 is 1.94 bits per heavy atom. The first kappa shape index (κ1) is 25.8. The van der Waals surface area contributed by atoms with Crippen molar-refractivity contribution in [2.24, 2.45) is 5.92 Å². The molecule has 0 radical (unpaired) electrons. The number of aliphatic hydroxyl groups excluding tert-OH is 5. The molecular formula is C26H34O9. The third-order valence-electron chi connectivity index (χ3n) is 7.72. The van der Waals surface area contributed by atoms with Gasteiger partial charge >= 0.3 is 0 Å². The summed E-state index contributed by atoms with van der Waals surface area (Å²) in [6, 6.07) is 1.60. The van der Waals surface area contributed by atoms with Crippen LogP contribution in [-0.2, 0) is 16.6 Å². The van der Waals surface area contributed by atoms with Crippen molar-refractivity contribution in [2.45, 2.75) is 82.3 Å². The molecular weight excluding hydrogens is 456 g/mol. The van der Waals surface area contributed by atoms with Crippen molar-refractivity contribution in [3.8, 4) is 11.5 Å². The Morgan fingerprint density at radius 3 is 2.57 bits per heavy atom. The molecule has 6 N–H and O–H groups in total. The third kappa shape index (κ3) is 4.20. The predicted octanol–water partition coefficient (Wildman–Crippen LogP) is 0.861. The van der Waals surface area contributed by atoms with Crippen molar-refractivity contribution < 1.29 is 44.9 Å². The summed E-state index contributed by atoms with van der Waals surface area (Å²) in [5.41, 5.74) is 2.26. The summed E-state index contributed by atoms with van der Waals surface area (Å²) >= 11 is 0. The first-order valence-electron chi connectivity index (χ1n) is 11.8. The molecule has 3 aliphatic rings. The average Bonchev–Trinajstić information content (AvgIpc) is 2.80. The predicted molar refractivity (Wildman–Crippen MR) is 125 cm³/mol. The van der Waals surface area contributed by atoms with Crippen molar-refractivity contribution in [3.05, 3.63) is 46.6 Å². The zero-order chi connectivity index (χ0) is 25.8. The Bertz CT molecular complexity index is 1060. The standard InChI is InChI=1S/C26H34O9/c1-11-5-6-26(4)16(13(11)3)9-17(29)15-8-14(7-12(2)28)24(21(31)19(15)26)35-25-23(33)22(32)20(30)18(10-27)34-25/h5,8,12,16,18,20,22-23,25,27-28,30-33H,3,6-7,9-10H2,1-2,4H3/t12?,16-,18+,20+,22-,23+,25-,26-/m0/s1. The molecule has 1 heterocycles. The smallest absolute Gasteiger partial charge is 0.229 e. The van der Waals surface area contributed by atoms with Crippen LogP contribution in [0.1, 0.15) is 55.1 Å². The number of phenolic OH excluding ortho intramolecular Hbond substituents is 1. The number of aliphatic hydroxyl groups is 5. The first-order valence-corrected chi connectivity index (χ1v) is 11.8. The minimum Gasteiger partial charge on any atom is -0.504 e. The van der Waals surface area contributed by atoms with Crippen LogP contribution in [0.5, 0.6) is 11.5 Å². The van der Waals surface area contributed by atoms with E-state index < -0.39 is 48.8 Å². The van der Waals surface area contributed by atoms with Crippen LogP contribution in [0.25, 0.3) is 0 Å². The summed E-state index contributed by atoms with van der Waals surface area (Å²) in [5, 5.41) is 61.9. The fraction of sp³-hybridized carbons (Fsp3) is 0.577. The van der Waals surface area contributed by atoms with Crippen molar-refractivity contribution in [1.29, 1.82) is 0 Å². The normalized spacial score (nSPS) is 35.7. The maximum Gasteiger partial charge on any atom is 0.229 e. The summed E-state index contributed by atoms with van der Waals surface area (Å²) in [7, 11) is 0. The molecule has 1 unspecified atom stereocenters. The minimum atomic E-state index is -1.69. The van der Waals surface area contributed by atoms with E-state index in [0.29, 0.717) is 23.1 Å². The number of Topliss-reactive ketones (excluding diaryl/α,β-unsaturated/α-hetero) is 1. The highest BCUT2D eigenvalue weighted by atomic mass is 16.7. The van der Waals surface area contributed by atoms with E-state index in [-0.39, 0.29) is 36.0 Å². The Morgan fingerprint density at radius 1 is 1.26 bits per heavy atom. The molecule has 0 amide bonds. The molecule has 1 aliphatic heterocycles. The summed E-state index contributed by atoms with van der Waals surface area (Å²) in [6.45, 7) is 9.00. The number of benzene rings is 1. The number of rotatable bonds is 5. The van der Waals surface area contributed by atoms with Crippen LogP contribution < -0.4 is 4.74 Å². The minimum absolute atomic E-state index is 0.0345. The van der Waals surface area contributed by atoms with E-state index in [4.69, 9.17) is 9.47 Å². The molecule has 1 saturated heterocycles. The number of carbonyl (C=O) groups excluding carboxylic acids is 1. The largest absolute Gasteiger partial charge is 0.504 e. The molecule has 9 heteroatoms. The number of hydrogen-bond acceptors (Lipinski definition) is 9. The van der Waals surface area contributed by atoms with Crippen molar-refractivity contribution in [1.82, 2.24) is 0 Å². The molecule has 8 atom stereocenters. The number of phenols is 1. The monoisotopic (exact) mass is 490 g/mol. The summed E-state index contributed by atoms with van der Waals surface area (Å²) < 4.78 is 11.4. The van der Waals surface area contributed by atoms with E-state index >= 15 is 0 Å². The van der Waals surface area contributed by atoms with E-state index in [2.05, 4.69) is 6.58 Å². The van der Waals surface area contributed by atoms with Gasteiger partial charge in [-0.15, -0.1) is 0 Å². The fourth-order valence-corrected chi connectivity index (χ4v) is 5.60. The molecule has 35 heavy (non-hydrogen) atoms. The van der Waals surface area contributed by atoms with Crippen LogP contribution in [-0.4, -0.2) is 79.8 Å². The summed E-state index contributed by atoms with van der Waals surface area (Å²) in [5.74, 6) is -0.780. The van der Waals surface area contributed by atoms with Gasteiger partial charge in [-0.2, -0.15) is 0 Å². The lowest BCUT2D eigenvalue weighted by Gasteiger charge is -2.46. The third-order valence-corrected chi connectivity index (χ3v) is 7.72. The SMILES string of the molecule is C=C1C(C)=CC[C@]2(C)c3c(cc(CC(C)O)c(O[C@@H]4O[C@H](CO)[C@@H](O)[C@H](O)[C@H]4O)c3O)C(=O)C[C@@H]12. The highest BCUT2D eigenvalue weighted by Gasteiger charge is 2.50. The lowest BCUT2D eigenvalue weighted by atomic mass is 9.56. The number of ether oxygens (including phenoxy) is 2. The molecule has 9 nitrogen and oxygen atoms in total. The second-order valence-corrected chi connectivity index (χ2v) is 10.2. The molecule has 2 aliphatic carbocycles. The van der Waals surface area contributed by atoms with Crippen LogP contribution in [0, 0.1) is 5.92 Å². The fourth-order valence-electron chi connectivity index (χ4n) is 5.60. The van der Waals surface area contributed by atoms with Gasteiger partial charge < -0.3 is 40.1 Å². The van der Waals surface area contributed by atoms with Crippen LogP contribution in [0.4, 0.5) is 0 Å². The number of ketones is 1. The molecule has 4 rings (SSSR count). The lowest BCUT2D eigenvalue weighted by molar-refractivity contribution is -0.277. The van der Waals surface area contributed by atoms with E-state index in [1.807, 2.05) is 19.9 Å². The highest BCUT2D eigenvalue weighted by Crippen LogP contribution is 2.56. The van der Waals surface area contributed by atoms with Gasteiger partial charge in [-0.1, -0.05) is 25.2 Å². The van der Waals surface area contributed by atoms with Gasteiger partial charge in [0, 0.05) is 40.9 Å². The Labute approximate surface area is 203 Å². The van der Waals surface area contributed by atoms with Gasteiger partial charge in [0.1, 0.15) is 24.4 Å². The van der Waals surface area contributed by atoms with Crippen molar-refractivity contribution in [3.63, 3.8) is 0 Å². The van der Waals surface area contributed by atoms with Gasteiger partial charge in [-0.3, -0.25) is 4.79 Å². The van der Waals surface area contributed by atoms with Crippen LogP contribution >= 0.6 is 0 Å². The first-order chi connectivity index (χ1) is 16.4. The zero-order valence-corrected chi connectivity index (χ0v) is 20.1. The Hall–Kier alpha value is -2.27. The van der Waals surface area contributed by atoms with Gasteiger partial charge in [-0.05, 0) is 31.9 Å². The maximum absolute atomic E-state index is 13.2. The zero-order valence-electron chi connectivity index (χ0n) is 20.1. The van der Waals surface area contributed by atoms with Crippen molar-refractivity contribution >= 4 is 5.78 Å². The van der Waals surface area contributed by atoms with Crippen molar-refractivity contribution in [2.75, 3.05) is 6.61 Å². The second kappa shape index (κ2) is 9.31. The lowest BCUT2D eigenvalue weighted by Crippen LogP contribution is -2.60. The van der Waals surface area contributed by atoms with Crippen LogP contribution in [0.15, 0.2) is 29.9 Å². The highest BCUT2D eigenvalue weighted by molar-refractivity contribution is 6.01. The van der Waals surface area contributed by atoms with Gasteiger partial charge in [-0.25, -0.2) is 0 Å². The van der Waals surface area contributed by atoms with E-state index in [0.717, 1.165) is 11.1 Å². The molecule has 0 spiro atoms. The van der Waals surface area contributed by atoms with Gasteiger partial charge in [0.2, 0.25) is 6.29 Å². The number of hydrogen-bond donors (Lipinski definition) is 6. The topological polar surface area (TPSA) is 157 Å². The molecule has 1 aromatic carbocycles. The number of fused-ring (bicyclic) bond motifs is 3. The molecule has 0 saturated carbocycles. The molecule has 192 valence electrons. The van der Waals surface area contributed by atoms with E-state index in [1.54, 1.807) is 13.0 Å². The maximum atomic E-state index is 13.2. The second-order valence-electron chi connectivity index (χ2n) is 10.2. The molecule has 1 aromatic rings. The quantitative estimate of drug-likeness (QED) is 0.352. The number of carbonyl (C=O) groups is 1. The van der Waals surface area contributed by atoms with Crippen LogP contribution in [0.2, 0.25) is 0 Å². The molecule has 0 bridgehead atoms. The number of allylic oxidation sites excluding steroid dienone is 3. The summed E-state index contributed by atoms with van der Waals surface area (Å²) in [4.78, 5) is 13.2. The molecule has 1 fully saturated rings. The molecule has 0 aromatic heterocycles. The van der Waals surface area contributed by atoms with E-state index in [1.165, 1.54) is 0 Å². The van der Waals surface area contributed by atoms with Gasteiger partial charge in [0.05, 0.1) is 12.7 Å². The summed E-state index contributed by atoms with van der Waals surface area (Å²) in [6.07, 6.45) is -5.62. The average molecular weight is 491 g/mol. The Balaban J connectivity index is 1.85. The van der Waals surface area contributed by atoms with Gasteiger partial charge in [0.25, 0.3) is 0 Å². The van der Waals surface area contributed by atoms with Crippen LogP contribution in [0.3, 0.4) is 0 Å².